The fourth-order valence-corrected chi connectivity index (χ4v) is 2.50. The van der Waals surface area contributed by atoms with Crippen molar-refractivity contribution in [3.63, 3.8) is 0 Å². The van der Waals surface area contributed by atoms with E-state index in [4.69, 9.17) is 4.52 Å². The van der Waals surface area contributed by atoms with E-state index in [2.05, 4.69) is 53.3 Å². The van der Waals surface area contributed by atoms with Crippen LogP contribution >= 0.6 is 0 Å². The summed E-state index contributed by atoms with van der Waals surface area (Å²) in [4.78, 5) is 6.60. The average molecular weight is 311 g/mol. The van der Waals surface area contributed by atoms with E-state index in [-0.39, 0.29) is 0 Å². The Bertz CT molecular complexity index is 786. The minimum atomic E-state index is 0.452. The van der Waals surface area contributed by atoms with Crippen LogP contribution in [0.15, 0.2) is 34.9 Å². The molecule has 6 nitrogen and oxygen atoms in total. The molecule has 0 fully saturated rings. The van der Waals surface area contributed by atoms with E-state index in [9.17, 15) is 0 Å². The zero-order valence-corrected chi connectivity index (χ0v) is 13.9. The summed E-state index contributed by atoms with van der Waals surface area (Å²) in [7, 11) is 4.10. The van der Waals surface area contributed by atoms with Gasteiger partial charge in [-0.25, -0.2) is 0 Å². The number of rotatable bonds is 5. The number of hydrogen-bond acceptors (Lipinski definition) is 5. The van der Waals surface area contributed by atoms with E-state index < -0.39 is 0 Å². The second kappa shape index (κ2) is 6.34. The highest BCUT2D eigenvalue weighted by Gasteiger charge is 2.14. The van der Waals surface area contributed by atoms with Gasteiger partial charge in [-0.3, -0.25) is 4.68 Å². The first kappa shape index (κ1) is 15.4. The molecule has 2 aromatic heterocycles. The fourth-order valence-electron chi connectivity index (χ4n) is 2.50. The fraction of sp³-hybridized carbons (Fsp3) is 0.353. The number of benzene rings is 1. The van der Waals surface area contributed by atoms with Crippen LogP contribution in [0.25, 0.3) is 23.0 Å². The van der Waals surface area contributed by atoms with Gasteiger partial charge in [-0.15, -0.1) is 0 Å². The maximum Gasteiger partial charge on any atom is 0.278 e. The third-order valence-corrected chi connectivity index (χ3v) is 3.64. The summed E-state index contributed by atoms with van der Waals surface area (Å²) in [5.74, 6) is 1.03. The lowest BCUT2D eigenvalue weighted by atomic mass is 10.1. The number of hydrogen-bond donors (Lipinski definition) is 0. The minimum absolute atomic E-state index is 0.452. The Morgan fingerprint density at radius 2 is 1.91 bits per heavy atom. The minimum Gasteiger partial charge on any atom is -0.332 e. The summed E-state index contributed by atoms with van der Waals surface area (Å²) in [6.45, 7) is 5.80. The van der Waals surface area contributed by atoms with Crippen LogP contribution in [0.2, 0.25) is 0 Å². The van der Waals surface area contributed by atoms with Gasteiger partial charge in [-0.05, 0) is 39.6 Å². The number of aromatic nitrogens is 4. The van der Waals surface area contributed by atoms with Crippen LogP contribution in [0, 0.1) is 6.92 Å². The van der Waals surface area contributed by atoms with E-state index >= 15 is 0 Å². The molecule has 0 saturated heterocycles. The predicted molar refractivity (Wildman–Crippen MR) is 88.8 cm³/mol. The molecule has 1 aromatic carbocycles. The SMILES string of the molecule is CCn1nc(-c2nc(-c3ccc(CN(C)C)cc3)no2)cc1C. The third kappa shape index (κ3) is 3.32. The first-order valence-corrected chi connectivity index (χ1v) is 7.69. The maximum atomic E-state index is 5.37. The van der Waals surface area contributed by atoms with E-state index in [1.165, 1.54) is 5.56 Å². The van der Waals surface area contributed by atoms with E-state index in [0.29, 0.717) is 17.4 Å². The first-order chi connectivity index (χ1) is 11.1. The highest BCUT2D eigenvalue weighted by atomic mass is 16.5. The van der Waals surface area contributed by atoms with Gasteiger partial charge in [0.25, 0.3) is 5.89 Å². The molecule has 0 aliphatic carbocycles. The Labute approximate surface area is 135 Å². The van der Waals surface area contributed by atoms with Crippen molar-refractivity contribution in [1.82, 2.24) is 24.8 Å². The first-order valence-electron chi connectivity index (χ1n) is 7.69. The molecule has 0 spiro atoms. The van der Waals surface area contributed by atoms with Crippen molar-refractivity contribution in [1.29, 1.82) is 0 Å². The van der Waals surface area contributed by atoms with Gasteiger partial charge < -0.3 is 9.42 Å². The van der Waals surface area contributed by atoms with Crippen LogP contribution in [-0.4, -0.2) is 38.9 Å². The number of aryl methyl sites for hydroxylation is 2. The summed E-state index contributed by atoms with van der Waals surface area (Å²) in [5, 5.41) is 8.54. The molecule has 120 valence electrons. The molecule has 0 bridgehead atoms. The molecule has 0 aliphatic heterocycles. The van der Waals surface area contributed by atoms with Crippen molar-refractivity contribution in [2.75, 3.05) is 14.1 Å². The van der Waals surface area contributed by atoms with Crippen LogP contribution in [0.5, 0.6) is 0 Å². The summed E-state index contributed by atoms with van der Waals surface area (Å²) < 4.78 is 7.28. The van der Waals surface area contributed by atoms with Gasteiger partial charge in [0.15, 0.2) is 5.69 Å². The van der Waals surface area contributed by atoms with Crippen LogP contribution < -0.4 is 0 Å². The largest absolute Gasteiger partial charge is 0.332 e. The van der Waals surface area contributed by atoms with Gasteiger partial charge in [0, 0.05) is 24.3 Å². The summed E-state index contributed by atoms with van der Waals surface area (Å²) in [6, 6.07) is 10.2. The van der Waals surface area contributed by atoms with Gasteiger partial charge in [-0.2, -0.15) is 10.1 Å². The second-order valence-corrected chi connectivity index (χ2v) is 5.84. The number of nitrogens with zero attached hydrogens (tertiary/aromatic N) is 5. The summed E-state index contributed by atoms with van der Waals surface area (Å²) in [5.41, 5.74) is 3.98. The summed E-state index contributed by atoms with van der Waals surface area (Å²) in [6.07, 6.45) is 0. The molecule has 0 saturated carbocycles. The van der Waals surface area contributed by atoms with E-state index in [1.54, 1.807) is 0 Å². The Balaban J connectivity index is 1.83. The third-order valence-electron chi connectivity index (χ3n) is 3.64. The van der Waals surface area contributed by atoms with Crippen molar-refractivity contribution >= 4 is 0 Å². The smallest absolute Gasteiger partial charge is 0.278 e. The molecule has 0 N–H and O–H groups in total. The monoisotopic (exact) mass is 311 g/mol. The van der Waals surface area contributed by atoms with Crippen LogP contribution in [0.4, 0.5) is 0 Å². The highest BCUT2D eigenvalue weighted by Crippen LogP contribution is 2.22. The molecule has 0 unspecified atom stereocenters. The zero-order valence-electron chi connectivity index (χ0n) is 13.9. The maximum absolute atomic E-state index is 5.37. The molecule has 0 radical (unpaired) electrons. The average Bonchev–Trinajstić information content (AvgIpc) is 3.14. The Morgan fingerprint density at radius 3 is 2.52 bits per heavy atom. The van der Waals surface area contributed by atoms with E-state index in [1.807, 2.05) is 29.8 Å². The predicted octanol–water partition coefficient (Wildman–Crippen LogP) is 2.99. The lowest BCUT2D eigenvalue weighted by molar-refractivity contribution is 0.402. The van der Waals surface area contributed by atoms with Gasteiger partial charge in [0.1, 0.15) is 0 Å². The topological polar surface area (TPSA) is 60.0 Å². The van der Waals surface area contributed by atoms with Crippen molar-refractivity contribution in [2.45, 2.75) is 26.9 Å². The Hall–Kier alpha value is -2.47. The normalized spacial score (nSPS) is 11.3. The second-order valence-electron chi connectivity index (χ2n) is 5.84. The molecular weight excluding hydrogens is 290 g/mol. The molecular formula is C17H21N5O. The van der Waals surface area contributed by atoms with Gasteiger partial charge in [0.05, 0.1) is 0 Å². The lowest BCUT2D eigenvalue weighted by Gasteiger charge is -2.09. The molecule has 0 aliphatic rings. The highest BCUT2D eigenvalue weighted by molar-refractivity contribution is 5.58. The molecule has 3 rings (SSSR count). The Morgan fingerprint density at radius 1 is 1.17 bits per heavy atom. The van der Waals surface area contributed by atoms with Crippen LogP contribution in [0.1, 0.15) is 18.2 Å². The summed E-state index contributed by atoms with van der Waals surface area (Å²) >= 11 is 0. The molecule has 2 heterocycles. The van der Waals surface area contributed by atoms with Crippen LogP contribution in [-0.2, 0) is 13.1 Å². The molecule has 3 aromatic rings. The zero-order chi connectivity index (χ0) is 16.4. The standard InChI is InChI=1S/C17H21N5O/c1-5-22-12(2)10-15(19-22)17-18-16(20-23-17)14-8-6-13(7-9-14)11-21(3)4/h6-10H,5,11H2,1-4H3. The molecule has 0 amide bonds. The Kier molecular flexibility index (Phi) is 4.25. The molecule has 6 heteroatoms. The van der Waals surface area contributed by atoms with Crippen molar-refractivity contribution in [3.05, 3.63) is 41.6 Å². The quantitative estimate of drug-likeness (QED) is 0.725. The van der Waals surface area contributed by atoms with Gasteiger partial charge in [-0.1, -0.05) is 29.4 Å². The van der Waals surface area contributed by atoms with Crippen molar-refractivity contribution < 1.29 is 4.52 Å². The van der Waals surface area contributed by atoms with Gasteiger partial charge >= 0.3 is 0 Å². The molecule has 23 heavy (non-hydrogen) atoms. The van der Waals surface area contributed by atoms with Crippen molar-refractivity contribution in [3.8, 4) is 23.0 Å². The van der Waals surface area contributed by atoms with Gasteiger partial charge in [0.2, 0.25) is 5.82 Å². The van der Waals surface area contributed by atoms with E-state index in [0.717, 1.165) is 24.3 Å². The van der Waals surface area contributed by atoms with Crippen molar-refractivity contribution in [2.24, 2.45) is 0 Å². The van der Waals surface area contributed by atoms with Crippen LogP contribution in [0.3, 0.4) is 0 Å². The lowest BCUT2D eigenvalue weighted by Crippen LogP contribution is -2.10. The molecule has 0 atom stereocenters.